The Kier molecular flexibility index (Phi) is 5.98. The Hall–Kier alpha value is -1.86. The van der Waals surface area contributed by atoms with Crippen LogP contribution in [0.25, 0.3) is 0 Å². The fraction of sp³-hybridized carbons (Fsp3) is 0.316. The van der Waals surface area contributed by atoms with Gasteiger partial charge in [0.15, 0.2) is 11.5 Å². The Morgan fingerprint density at radius 2 is 1.77 bits per heavy atom. The second-order valence-electron chi connectivity index (χ2n) is 5.68. The Bertz CT molecular complexity index is 814. The van der Waals surface area contributed by atoms with E-state index >= 15 is 0 Å². The van der Waals surface area contributed by atoms with Gasteiger partial charge in [0, 0.05) is 34.0 Å². The number of hydrogen-bond acceptors (Lipinski definition) is 5. The van der Waals surface area contributed by atoms with Crippen molar-refractivity contribution in [3.8, 4) is 17.2 Å². The van der Waals surface area contributed by atoms with Gasteiger partial charge in [0.1, 0.15) is 11.1 Å². The van der Waals surface area contributed by atoms with Crippen LogP contribution in [0, 0.1) is 0 Å². The molecular weight excluding hydrogens is 418 g/mol. The third-order valence-electron chi connectivity index (χ3n) is 4.23. The number of halogens is 1. The summed E-state index contributed by atoms with van der Waals surface area (Å²) in [4.78, 5) is 14.9. The quantitative estimate of drug-likeness (QED) is 0.694. The van der Waals surface area contributed by atoms with Crippen LogP contribution in [0.1, 0.15) is 21.3 Å². The average molecular weight is 438 g/mol. The van der Waals surface area contributed by atoms with Crippen LogP contribution >= 0.6 is 27.7 Å². The predicted octanol–water partition coefficient (Wildman–Crippen LogP) is 4.36. The lowest BCUT2D eigenvalue weighted by Crippen LogP contribution is -2.30. The molecule has 0 radical (unpaired) electrons. The molecule has 1 aliphatic heterocycles. The third-order valence-corrected chi connectivity index (χ3v) is 5.96. The fourth-order valence-electron chi connectivity index (χ4n) is 2.97. The molecule has 2 aromatic rings. The number of hydrogen-bond donors (Lipinski definition) is 0. The summed E-state index contributed by atoms with van der Waals surface area (Å²) < 4.78 is 17.2. The van der Waals surface area contributed by atoms with Crippen molar-refractivity contribution in [3.63, 3.8) is 0 Å². The number of carbonyl (C=O) groups is 1. The van der Waals surface area contributed by atoms with E-state index in [0.29, 0.717) is 29.4 Å². The molecule has 1 unspecified atom stereocenters. The van der Waals surface area contributed by atoms with Crippen molar-refractivity contribution in [1.82, 2.24) is 4.90 Å². The van der Waals surface area contributed by atoms with E-state index in [4.69, 9.17) is 14.2 Å². The number of rotatable bonds is 5. The van der Waals surface area contributed by atoms with Gasteiger partial charge in [0.05, 0.1) is 21.3 Å². The fourth-order valence-corrected chi connectivity index (χ4v) is 4.64. The summed E-state index contributed by atoms with van der Waals surface area (Å²) in [6.07, 6.45) is 0. The summed E-state index contributed by atoms with van der Waals surface area (Å²) in [5.41, 5.74) is 1.56. The number of benzene rings is 2. The van der Waals surface area contributed by atoms with E-state index < -0.39 is 0 Å². The number of thioether (sulfide) groups is 1. The van der Waals surface area contributed by atoms with Gasteiger partial charge in [-0.15, -0.1) is 11.8 Å². The molecule has 0 aromatic heterocycles. The Balaban J connectivity index is 1.98. The number of nitrogens with zero attached hydrogens (tertiary/aromatic N) is 1. The number of amides is 1. The Labute approximate surface area is 165 Å². The number of carbonyl (C=O) groups excluding carboxylic acids is 1. The average Bonchev–Trinajstić information content (AvgIpc) is 3.15. The minimum Gasteiger partial charge on any atom is -0.496 e. The molecule has 2 aromatic carbocycles. The highest BCUT2D eigenvalue weighted by Gasteiger charge is 2.34. The summed E-state index contributed by atoms with van der Waals surface area (Å²) in [6.45, 7) is 0.679. The zero-order chi connectivity index (χ0) is 18.7. The minimum atomic E-state index is -0.142. The second-order valence-corrected chi connectivity index (χ2v) is 7.78. The van der Waals surface area contributed by atoms with E-state index in [9.17, 15) is 4.79 Å². The topological polar surface area (TPSA) is 48.0 Å². The maximum absolute atomic E-state index is 13.1. The molecule has 0 aliphatic carbocycles. The van der Waals surface area contributed by atoms with Crippen LogP contribution in [0.2, 0.25) is 0 Å². The van der Waals surface area contributed by atoms with Crippen LogP contribution in [0.4, 0.5) is 0 Å². The molecule has 1 heterocycles. The number of methoxy groups -OCH3 is 3. The predicted molar refractivity (Wildman–Crippen MR) is 106 cm³/mol. The largest absolute Gasteiger partial charge is 0.496 e. The van der Waals surface area contributed by atoms with E-state index in [-0.39, 0.29) is 11.3 Å². The van der Waals surface area contributed by atoms with Crippen LogP contribution in [0.3, 0.4) is 0 Å². The molecule has 1 saturated heterocycles. The normalized spacial score (nSPS) is 16.5. The third kappa shape index (κ3) is 3.64. The molecule has 7 heteroatoms. The molecule has 1 aliphatic rings. The van der Waals surface area contributed by atoms with Crippen molar-refractivity contribution in [2.24, 2.45) is 0 Å². The van der Waals surface area contributed by atoms with Crippen molar-refractivity contribution < 1.29 is 19.0 Å². The van der Waals surface area contributed by atoms with Crippen LogP contribution in [-0.2, 0) is 0 Å². The van der Waals surface area contributed by atoms with E-state index in [2.05, 4.69) is 15.9 Å². The molecule has 0 spiro atoms. The number of ether oxygens (including phenoxy) is 3. The molecule has 1 fully saturated rings. The Morgan fingerprint density at radius 3 is 2.42 bits per heavy atom. The summed E-state index contributed by atoms with van der Waals surface area (Å²) in [6, 6.07) is 11.1. The first-order chi connectivity index (χ1) is 12.6. The van der Waals surface area contributed by atoms with Crippen molar-refractivity contribution in [2.75, 3.05) is 33.6 Å². The monoisotopic (exact) mass is 437 g/mol. The van der Waals surface area contributed by atoms with Gasteiger partial charge >= 0.3 is 0 Å². The minimum absolute atomic E-state index is 0.00172. The van der Waals surface area contributed by atoms with Gasteiger partial charge in [-0.3, -0.25) is 4.79 Å². The summed E-state index contributed by atoms with van der Waals surface area (Å²) >= 11 is 5.14. The van der Waals surface area contributed by atoms with Gasteiger partial charge in [-0.05, 0) is 24.3 Å². The highest BCUT2D eigenvalue weighted by molar-refractivity contribution is 9.10. The SMILES string of the molecule is COc1cc(OC)c(C2SCCN2C(=O)c2cccc(Br)c2)cc1OC. The van der Waals surface area contributed by atoms with Gasteiger partial charge in [0.2, 0.25) is 0 Å². The molecule has 1 atom stereocenters. The molecule has 1 amide bonds. The van der Waals surface area contributed by atoms with Gasteiger partial charge in [-0.1, -0.05) is 22.0 Å². The van der Waals surface area contributed by atoms with Crippen molar-refractivity contribution in [3.05, 3.63) is 52.0 Å². The van der Waals surface area contributed by atoms with Gasteiger partial charge < -0.3 is 19.1 Å². The zero-order valence-electron chi connectivity index (χ0n) is 14.8. The lowest BCUT2D eigenvalue weighted by atomic mass is 10.1. The van der Waals surface area contributed by atoms with E-state index in [1.165, 1.54) is 0 Å². The lowest BCUT2D eigenvalue weighted by Gasteiger charge is -2.26. The lowest BCUT2D eigenvalue weighted by molar-refractivity contribution is 0.0759. The molecule has 0 N–H and O–H groups in total. The molecule has 138 valence electrons. The highest BCUT2D eigenvalue weighted by Crippen LogP contribution is 2.46. The Morgan fingerprint density at radius 1 is 1.08 bits per heavy atom. The van der Waals surface area contributed by atoms with Gasteiger partial charge in [-0.2, -0.15) is 0 Å². The van der Waals surface area contributed by atoms with Crippen molar-refractivity contribution in [1.29, 1.82) is 0 Å². The first-order valence-electron chi connectivity index (χ1n) is 8.07. The smallest absolute Gasteiger partial charge is 0.255 e. The maximum atomic E-state index is 13.1. The van der Waals surface area contributed by atoms with Crippen LogP contribution in [0.5, 0.6) is 17.2 Å². The molecule has 0 saturated carbocycles. The first kappa shape index (κ1) is 18.9. The molecule has 26 heavy (non-hydrogen) atoms. The van der Waals surface area contributed by atoms with Crippen molar-refractivity contribution >= 4 is 33.6 Å². The maximum Gasteiger partial charge on any atom is 0.255 e. The second kappa shape index (κ2) is 8.22. The van der Waals surface area contributed by atoms with Gasteiger partial charge in [-0.25, -0.2) is 0 Å². The summed E-state index contributed by atoms with van der Waals surface area (Å²) in [7, 11) is 4.80. The van der Waals surface area contributed by atoms with Crippen LogP contribution in [-0.4, -0.2) is 44.4 Å². The van der Waals surface area contributed by atoms with E-state index in [1.807, 2.05) is 35.2 Å². The molecule has 3 rings (SSSR count). The summed E-state index contributed by atoms with van der Waals surface area (Å²) in [5, 5.41) is -0.142. The van der Waals surface area contributed by atoms with Crippen LogP contribution < -0.4 is 14.2 Å². The molecule has 0 bridgehead atoms. The molecule has 5 nitrogen and oxygen atoms in total. The van der Waals surface area contributed by atoms with E-state index in [1.54, 1.807) is 39.2 Å². The van der Waals surface area contributed by atoms with Crippen LogP contribution in [0.15, 0.2) is 40.9 Å². The first-order valence-corrected chi connectivity index (χ1v) is 9.91. The summed E-state index contributed by atoms with van der Waals surface area (Å²) in [5.74, 6) is 2.75. The molecular formula is C19H20BrNO4S. The highest BCUT2D eigenvalue weighted by atomic mass is 79.9. The van der Waals surface area contributed by atoms with Gasteiger partial charge in [0.25, 0.3) is 5.91 Å². The van der Waals surface area contributed by atoms with Crippen molar-refractivity contribution in [2.45, 2.75) is 5.37 Å². The standard InChI is InChI=1S/C19H20BrNO4S/c1-23-15-11-17(25-3)16(24-2)10-14(15)19-21(7-8-26-19)18(22)12-5-4-6-13(20)9-12/h4-6,9-11,19H,7-8H2,1-3H3. The zero-order valence-corrected chi connectivity index (χ0v) is 17.2. The van der Waals surface area contributed by atoms with E-state index in [0.717, 1.165) is 15.8 Å².